The van der Waals surface area contributed by atoms with Crippen LogP contribution >= 0.6 is 0 Å². The number of benzene rings is 2. The molecule has 0 bridgehead atoms. The molecule has 2 aromatic carbocycles. The van der Waals surface area contributed by atoms with Gasteiger partial charge in [0.05, 0.1) is 30.9 Å². The molecule has 1 unspecified atom stereocenters. The number of rotatable bonds is 7. The molecule has 3 aromatic rings. The molecule has 1 heterocycles. The average Bonchev–Trinajstić information content (AvgIpc) is 2.69. The summed E-state index contributed by atoms with van der Waals surface area (Å²) in [6.45, 7) is 0. The van der Waals surface area contributed by atoms with Gasteiger partial charge in [0.2, 0.25) is 0 Å². The number of methoxy groups -OCH3 is 2. The van der Waals surface area contributed by atoms with Gasteiger partial charge < -0.3 is 9.47 Å². The van der Waals surface area contributed by atoms with Crippen LogP contribution in [0.1, 0.15) is 22.1 Å². The van der Waals surface area contributed by atoms with Crippen LogP contribution in [0.15, 0.2) is 72.9 Å². The highest BCUT2D eigenvalue weighted by molar-refractivity contribution is 7.84. The van der Waals surface area contributed by atoms with Gasteiger partial charge in [0, 0.05) is 23.1 Å². The number of ether oxygens (including phenoxy) is 2. The molecule has 0 spiro atoms. The molecule has 5 heteroatoms. The zero-order chi connectivity index (χ0) is 18.4. The second kappa shape index (κ2) is 8.63. The van der Waals surface area contributed by atoms with Gasteiger partial charge in [-0.05, 0) is 11.1 Å². The molecule has 4 nitrogen and oxygen atoms in total. The third-order valence-corrected chi connectivity index (χ3v) is 5.74. The summed E-state index contributed by atoms with van der Waals surface area (Å²) in [5.74, 6) is 1.39. The van der Waals surface area contributed by atoms with Crippen LogP contribution in [0.2, 0.25) is 0 Å². The largest absolute Gasteiger partial charge is 0.493 e. The van der Waals surface area contributed by atoms with Crippen molar-refractivity contribution in [2.75, 3.05) is 14.2 Å². The zero-order valence-electron chi connectivity index (χ0n) is 14.8. The second-order valence-corrected chi connectivity index (χ2v) is 7.24. The first-order valence-electron chi connectivity index (χ1n) is 8.27. The Morgan fingerprint density at radius 1 is 0.885 bits per heavy atom. The van der Waals surface area contributed by atoms with Crippen molar-refractivity contribution in [1.29, 1.82) is 0 Å². The van der Waals surface area contributed by atoms with Crippen molar-refractivity contribution in [3.05, 3.63) is 89.7 Å². The highest BCUT2D eigenvalue weighted by Crippen LogP contribution is 2.34. The molecule has 0 saturated carbocycles. The number of hydrogen-bond donors (Lipinski definition) is 0. The lowest BCUT2D eigenvalue weighted by molar-refractivity contribution is 0.350. The Balaban J connectivity index is 1.97. The quantitative estimate of drug-likeness (QED) is 0.630. The maximum absolute atomic E-state index is 13.4. The van der Waals surface area contributed by atoms with Gasteiger partial charge in [0.25, 0.3) is 0 Å². The topological polar surface area (TPSA) is 48.4 Å². The molecule has 0 radical (unpaired) electrons. The van der Waals surface area contributed by atoms with Gasteiger partial charge in [-0.1, -0.05) is 60.7 Å². The number of pyridine rings is 1. The van der Waals surface area contributed by atoms with Gasteiger partial charge >= 0.3 is 0 Å². The molecular formula is C21H21NO3S. The van der Waals surface area contributed by atoms with Gasteiger partial charge in [-0.15, -0.1) is 0 Å². The first kappa shape index (κ1) is 18.1. The van der Waals surface area contributed by atoms with Gasteiger partial charge in [0.15, 0.2) is 11.5 Å². The van der Waals surface area contributed by atoms with Crippen LogP contribution in [0.3, 0.4) is 0 Å². The minimum absolute atomic E-state index is 0.241. The zero-order valence-corrected chi connectivity index (χ0v) is 15.6. The molecule has 0 fully saturated rings. The smallest absolute Gasteiger partial charge is 0.183 e. The third-order valence-electron chi connectivity index (χ3n) is 4.11. The second-order valence-electron chi connectivity index (χ2n) is 5.72. The molecule has 0 saturated heterocycles. The summed E-state index contributed by atoms with van der Waals surface area (Å²) in [5, 5.41) is -0.241. The molecule has 1 aromatic heterocycles. The normalized spacial score (nSPS) is 12.0. The Morgan fingerprint density at radius 2 is 1.46 bits per heavy atom. The highest BCUT2D eigenvalue weighted by Gasteiger charge is 2.23. The van der Waals surface area contributed by atoms with E-state index in [4.69, 9.17) is 9.47 Å². The van der Waals surface area contributed by atoms with Crippen LogP contribution in [-0.2, 0) is 16.6 Å². The van der Waals surface area contributed by atoms with E-state index < -0.39 is 10.8 Å². The Kier molecular flexibility index (Phi) is 6.02. The van der Waals surface area contributed by atoms with E-state index in [0.717, 1.165) is 11.1 Å². The molecule has 26 heavy (non-hydrogen) atoms. The molecule has 0 aliphatic carbocycles. The first-order chi connectivity index (χ1) is 12.7. The Hall–Kier alpha value is -2.66. The van der Waals surface area contributed by atoms with Crippen molar-refractivity contribution in [2.24, 2.45) is 0 Å². The van der Waals surface area contributed by atoms with E-state index in [0.29, 0.717) is 17.2 Å². The number of aromatic nitrogens is 1. The Bertz CT molecular complexity index is 829. The van der Waals surface area contributed by atoms with Crippen LogP contribution in [-0.4, -0.2) is 23.4 Å². The SMILES string of the molecule is COc1ccnc(CS(=O)C(c2ccccc2)c2ccccc2)c1OC. The average molecular weight is 367 g/mol. The van der Waals surface area contributed by atoms with Crippen LogP contribution in [0.5, 0.6) is 11.5 Å². The van der Waals surface area contributed by atoms with E-state index in [9.17, 15) is 4.21 Å². The van der Waals surface area contributed by atoms with Crippen molar-refractivity contribution in [2.45, 2.75) is 11.0 Å². The maximum Gasteiger partial charge on any atom is 0.183 e. The molecule has 1 atom stereocenters. The summed E-state index contributed by atoms with van der Waals surface area (Å²) in [6.07, 6.45) is 1.65. The summed E-state index contributed by atoms with van der Waals surface area (Å²) in [5.41, 5.74) is 2.65. The minimum Gasteiger partial charge on any atom is -0.493 e. The van der Waals surface area contributed by atoms with Crippen LogP contribution < -0.4 is 9.47 Å². The third kappa shape index (κ3) is 3.94. The van der Waals surface area contributed by atoms with Crippen molar-refractivity contribution in [1.82, 2.24) is 4.98 Å². The fraction of sp³-hybridized carbons (Fsp3) is 0.190. The predicted octanol–water partition coefficient (Wildman–Crippen LogP) is 4.14. The monoisotopic (exact) mass is 367 g/mol. The molecule has 0 amide bonds. The molecule has 0 N–H and O–H groups in total. The highest BCUT2D eigenvalue weighted by atomic mass is 32.2. The lowest BCUT2D eigenvalue weighted by Crippen LogP contribution is -2.12. The van der Waals surface area contributed by atoms with E-state index in [-0.39, 0.29) is 11.0 Å². The van der Waals surface area contributed by atoms with Crippen LogP contribution in [0, 0.1) is 0 Å². The van der Waals surface area contributed by atoms with Crippen LogP contribution in [0.4, 0.5) is 0 Å². The standard InChI is InChI=1S/C21H21NO3S/c1-24-19-13-14-22-18(20(19)25-2)15-26(23)21(16-9-5-3-6-10-16)17-11-7-4-8-12-17/h3-14,21H,15H2,1-2H3. The molecule has 0 aliphatic heterocycles. The Morgan fingerprint density at radius 3 is 1.96 bits per heavy atom. The fourth-order valence-electron chi connectivity index (χ4n) is 2.92. The van der Waals surface area contributed by atoms with Crippen molar-refractivity contribution in [3.8, 4) is 11.5 Å². The van der Waals surface area contributed by atoms with Crippen molar-refractivity contribution >= 4 is 10.8 Å². The lowest BCUT2D eigenvalue weighted by Gasteiger charge is -2.19. The molecular weight excluding hydrogens is 346 g/mol. The molecule has 3 rings (SSSR count). The van der Waals surface area contributed by atoms with E-state index in [1.54, 1.807) is 26.5 Å². The van der Waals surface area contributed by atoms with E-state index in [1.165, 1.54) is 0 Å². The van der Waals surface area contributed by atoms with Crippen molar-refractivity contribution < 1.29 is 13.7 Å². The number of hydrogen-bond acceptors (Lipinski definition) is 4. The van der Waals surface area contributed by atoms with Gasteiger partial charge in [-0.25, -0.2) is 0 Å². The fourth-order valence-corrected chi connectivity index (χ4v) is 4.49. The van der Waals surface area contributed by atoms with Crippen LogP contribution in [0.25, 0.3) is 0 Å². The van der Waals surface area contributed by atoms with Gasteiger partial charge in [-0.3, -0.25) is 9.19 Å². The molecule has 0 aliphatic rings. The maximum atomic E-state index is 13.4. The van der Waals surface area contributed by atoms with Crippen molar-refractivity contribution in [3.63, 3.8) is 0 Å². The summed E-state index contributed by atoms with van der Waals surface area (Å²) in [4.78, 5) is 4.37. The summed E-state index contributed by atoms with van der Waals surface area (Å²) in [6, 6.07) is 21.5. The van der Waals surface area contributed by atoms with E-state index >= 15 is 0 Å². The van der Waals surface area contributed by atoms with Gasteiger partial charge in [-0.2, -0.15) is 0 Å². The predicted molar refractivity (Wildman–Crippen MR) is 104 cm³/mol. The minimum atomic E-state index is -1.23. The summed E-state index contributed by atoms with van der Waals surface area (Å²) >= 11 is 0. The number of nitrogens with zero attached hydrogens (tertiary/aromatic N) is 1. The van der Waals surface area contributed by atoms with E-state index in [1.807, 2.05) is 60.7 Å². The lowest BCUT2D eigenvalue weighted by atomic mass is 10.0. The first-order valence-corrected chi connectivity index (χ1v) is 9.65. The van der Waals surface area contributed by atoms with Gasteiger partial charge in [0.1, 0.15) is 0 Å². The summed E-state index contributed by atoms with van der Waals surface area (Å²) in [7, 11) is 1.92. The Labute approximate surface area is 156 Å². The molecule has 134 valence electrons. The summed E-state index contributed by atoms with van der Waals surface area (Å²) < 4.78 is 24.1. The van der Waals surface area contributed by atoms with E-state index in [2.05, 4.69) is 4.98 Å².